The van der Waals surface area contributed by atoms with Crippen molar-refractivity contribution < 1.29 is 9.26 Å². The molecular formula is C16H13N3O3. The van der Waals surface area contributed by atoms with Crippen LogP contribution in [0.3, 0.4) is 0 Å². The van der Waals surface area contributed by atoms with Gasteiger partial charge in [0, 0.05) is 29.9 Å². The summed E-state index contributed by atoms with van der Waals surface area (Å²) in [7, 11) is 0. The van der Waals surface area contributed by atoms with Crippen molar-refractivity contribution in [3.05, 3.63) is 51.9 Å². The predicted molar refractivity (Wildman–Crippen MR) is 79.7 cm³/mol. The number of H-pyrrole nitrogens is 1. The maximum Gasteiger partial charge on any atom is 0.263 e. The molecule has 0 atom stereocenters. The zero-order valence-electron chi connectivity index (χ0n) is 11.9. The Morgan fingerprint density at radius 3 is 3.05 bits per heavy atom. The molecule has 0 radical (unpaired) electrons. The fourth-order valence-electron chi connectivity index (χ4n) is 2.52. The average Bonchev–Trinajstić information content (AvgIpc) is 3.15. The van der Waals surface area contributed by atoms with E-state index in [4.69, 9.17) is 9.26 Å². The third kappa shape index (κ3) is 2.09. The largest absolute Gasteiger partial charge is 0.493 e. The number of hydrogen-bond donors (Lipinski definition) is 1. The number of fused-ring (bicyclic) bond motifs is 1. The first-order chi connectivity index (χ1) is 10.7. The molecule has 2 aromatic heterocycles. The van der Waals surface area contributed by atoms with E-state index in [1.165, 1.54) is 6.07 Å². The van der Waals surface area contributed by atoms with Crippen LogP contribution >= 0.6 is 0 Å². The van der Waals surface area contributed by atoms with Crippen molar-refractivity contribution in [1.82, 2.24) is 15.1 Å². The quantitative estimate of drug-likeness (QED) is 0.784. The predicted octanol–water partition coefficient (Wildman–Crippen LogP) is 2.34. The molecule has 1 aromatic carbocycles. The number of aromatic nitrogens is 3. The molecule has 0 fully saturated rings. The molecule has 22 heavy (non-hydrogen) atoms. The number of rotatable bonds is 2. The standard InChI is InChI=1S/C16H13N3O3/c1-9-6-13(20)12(8-17-9)16-18-15(19-22-16)11-2-3-14-10(7-11)4-5-21-14/h2-3,6-8H,4-5H2,1H3,(H,17,20). The van der Waals surface area contributed by atoms with E-state index < -0.39 is 0 Å². The SMILES string of the molecule is Cc1cc(=O)c(-c2nc(-c3ccc4c(c3)CCO4)no2)c[nH]1. The first-order valence-electron chi connectivity index (χ1n) is 7.00. The number of benzene rings is 1. The molecule has 1 N–H and O–H groups in total. The lowest BCUT2D eigenvalue weighted by molar-refractivity contribution is 0.357. The monoisotopic (exact) mass is 295 g/mol. The molecule has 0 bridgehead atoms. The van der Waals surface area contributed by atoms with Crippen LogP contribution in [0.25, 0.3) is 22.8 Å². The number of pyridine rings is 1. The van der Waals surface area contributed by atoms with Gasteiger partial charge in [0.15, 0.2) is 5.43 Å². The van der Waals surface area contributed by atoms with Crippen LogP contribution < -0.4 is 10.2 Å². The van der Waals surface area contributed by atoms with Gasteiger partial charge in [-0.3, -0.25) is 4.79 Å². The smallest absolute Gasteiger partial charge is 0.263 e. The van der Waals surface area contributed by atoms with E-state index in [1.54, 1.807) is 6.20 Å². The topological polar surface area (TPSA) is 81.0 Å². The van der Waals surface area contributed by atoms with Crippen LogP contribution in [0.4, 0.5) is 0 Å². The zero-order valence-corrected chi connectivity index (χ0v) is 11.9. The molecule has 0 spiro atoms. The summed E-state index contributed by atoms with van der Waals surface area (Å²) < 4.78 is 10.7. The van der Waals surface area contributed by atoms with Gasteiger partial charge < -0.3 is 14.2 Å². The van der Waals surface area contributed by atoms with Gasteiger partial charge in [-0.05, 0) is 30.7 Å². The molecule has 0 unspecified atom stereocenters. The molecule has 6 heteroatoms. The van der Waals surface area contributed by atoms with Gasteiger partial charge in [0.25, 0.3) is 5.89 Å². The van der Waals surface area contributed by atoms with Crippen LogP contribution in [0, 0.1) is 6.92 Å². The Morgan fingerprint density at radius 1 is 1.27 bits per heavy atom. The van der Waals surface area contributed by atoms with E-state index in [0.717, 1.165) is 29.0 Å². The summed E-state index contributed by atoms with van der Waals surface area (Å²) >= 11 is 0. The summed E-state index contributed by atoms with van der Waals surface area (Å²) in [6.07, 6.45) is 2.47. The summed E-state index contributed by atoms with van der Waals surface area (Å²) in [5.74, 6) is 1.58. The van der Waals surface area contributed by atoms with Crippen LogP contribution in [0.2, 0.25) is 0 Å². The summed E-state index contributed by atoms with van der Waals surface area (Å²) in [6, 6.07) is 7.30. The maximum atomic E-state index is 12.0. The zero-order chi connectivity index (χ0) is 15.1. The highest BCUT2D eigenvalue weighted by atomic mass is 16.5. The van der Waals surface area contributed by atoms with Crippen molar-refractivity contribution in [1.29, 1.82) is 0 Å². The minimum atomic E-state index is -0.145. The Morgan fingerprint density at radius 2 is 2.18 bits per heavy atom. The van der Waals surface area contributed by atoms with Crippen molar-refractivity contribution >= 4 is 0 Å². The fourth-order valence-corrected chi connectivity index (χ4v) is 2.52. The molecule has 0 saturated heterocycles. The maximum absolute atomic E-state index is 12.0. The Balaban J connectivity index is 1.74. The first kappa shape index (κ1) is 12.8. The van der Waals surface area contributed by atoms with Crippen molar-refractivity contribution in [2.45, 2.75) is 13.3 Å². The molecule has 0 amide bonds. The third-order valence-corrected chi connectivity index (χ3v) is 3.66. The lowest BCUT2D eigenvalue weighted by Crippen LogP contribution is -2.05. The molecular weight excluding hydrogens is 282 g/mol. The van der Waals surface area contributed by atoms with Gasteiger partial charge in [0.1, 0.15) is 11.3 Å². The second-order valence-corrected chi connectivity index (χ2v) is 5.24. The Labute approximate surface area is 125 Å². The van der Waals surface area contributed by atoms with Crippen molar-refractivity contribution in [2.75, 3.05) is 6.61 Å². The molecule has 3 aromatic rings. The highest BCUT2D eigenvalue weighted by Crippen LogP contribution is 2.29. The van der Waals surface area contributed by atoms with E-state index in [-0.39, 0.29) is 11.3 Å². The molecule has 1 aliphatic heterocycles. The van der Waals surface area contributed by atoms with Gasteiger partial charge in [0.2, 0.25) is 5.82 Å². The van der Waals surface area contributed by atoms with Crippen molar-refractivity contribution in [2.24, 2.45) is 0 Å². The van der Waals surface area contributed by atoms with Crippen LogP contribution in [0.5, 0.6) is 5.75 Å². The van der Waals surface area contributed by atoms with Gasteiger partial charge in [0.05, 0.1) is 6.61 Å². The van der Waals surface area contributed by atoms with E-state index in [9.17, 15) is 4.79 Å². The van der Waals surface area contributed by atoms with E-state index in [1.807, 2.05) is 25.1 Å². The first-order valence-corrected chi connectivity index (χ1v) is 7.00. The molecule has 3 heterocycles. The van der Waals surface area contributed by atoms with Crippen LogP contribution in [0.1, 0.15) is 11.3 Å². The van der Waals surface area contributed by atoms with Crippen molar-refractivity contribution in [3.63, 3.8) is 0 Å². The minimum Gasteiger partial charge on any atom is -0.493 e. The van der Waals surface area contributed by atoms with Crippen LogP contribution in [-0.2, 0) is 6.42 Å². The normalized spacial score (nSPS) is 13.0. The Bertz CT molecular complexity index is 911. The number of aromatic amines is 1. The third-order valence-electron chi connectivity index (χ3n) is 3.66. The average molecular weight is 295 g/mol. The highest BCUT2D eigenvalue weighted by molar-refractivity contribution is 5.62. The second-order valence-electron chi connectivity index (χ2n) is 5.24. The molecule has 0 aliphatic carbocycles. The minimum absolute atomic E-state index is 0.145. The summed E-state index contributed by atoms with van der Waals surface area (Å²) in [5, 5.41) is 3.97. The molecule has 0 saturated carbocycles. The van der Waals surface area contributed by atoms with E-state index >= 15 is 0 Å². The van der Waals surface area contributed by atoms with Crippen molar-refractivity contribution in [3.8, 4) is 28.6 Å². The van der Waals surface area contributed by atoms with Gasteiger partial charge >= 0.3 is 0 Å². The van der Waals surface area contributed by atoms with E-state index in [2.05, 4.69) is 15.1 Å². The molecule has 110 valence electrons. The lowest BCUT2D eigenvalue weighted by Gasteiger charge is -1.99. The van der Waals surface area contributed by atoms with Gasteiger partial charge in [-0.2, -0.15) is 4.98 Å². The van der Waals surface area contributed by atoms with Gasteiger partial charge in [-0.25, -0.2) is 0 Å². The summed E-state index contributed by atoms with van der Waals surface area (Å²) in [6.45, 7) is 2.52. The van der Waals surface area contributed by atoms with Gasteiger partial charge in [-0.15, -0.1) is 0 Å². The van der Waals surface area contributed by atoms with E-state index in [0.29, 0.717) is 18.0 Å². The number of ether oxygens (including phenoxy) is 1. The lowest BCUT2D eigenvalue weighted by atomic mass is 10.1. The number of hydrogen-bond acceptors (Lipinski definition) is 5. The fraction of sp³-hybridized carbons (Fsp3) is 0.188. The number of nitrogens with zero attached hydrogens (tertiary/aromatic N) is 2. The number of aryl methyl sites for hydroxylation is 1. The van der Waals surface area contributed by atoms with Crippen LogP contribution in [-0.4, -0.2) is 21.7 Å². The number of nitrogens with one attached hydrogen (secondary N) is 1. The van der Waals surface area contributed by atoms with Crippen LogP contribution in [0.15, 0.2) is 39.8 Å². The summed E-state index contributed by atoms with van der Waals surface area (Å²) in [4.78, 5) is 19.3. The highest BCUT2D eigenvalue weighted by Gasteiger charge is 2.17. The molecule has 4 rings (SSSR count). The Hall–Kier alpha value is -2.89. The van der Waals surface area contributed by atoms with Gasteiger partial charge in [-0.1, -0.05) is 5.16 Å². The summed E-state index contributed by atoms with van der Waals surface area (Å²) in [5.41, 5.74) is 2.99. The Kier molecular flexibility index (Phi) is 2.82. The molecule has 1 aliphatic rings. The second kappa shape index (κ2) is 4.84. The molecule has 6 nitrogen and oxygen atoms in total.